The quantitative estimate of drug-likeness (QED) is 0.561. The van der Waals surface area contributed by atoms with E-state index in [0.717, 1.165) is 36.5 Å². The molecule has 0 bridgehead atoms. The highest BCUT2D eigenvalue weighted by Crippen LogP contribution is 2.32. The molecule has 0 radical (unpaired) electrons. The van der Waals surface area contributed by atoms with Crippen LogP contribution in [0.3, 0.4) is 0 Å². The van der Waals surface area contributed by atoms with Gasteiger partial charge < -0.3 is 9.47 Å². The number of benzene rings is 2. The number of nitriles is 2. The average Bonchev–Trinajstić information content (AvgIpc) is 2.75. The summed E-state index contributed by atoms with van der Waals surface area (Å²) in [5.41, 5.74) is -0.333. The number of ether oxygens (including phenoxy) is 2. The first-order chi connectivity index (χ1) is 15.2. The number of hydrogen-bond donors (Lipinski definition) is 1. The second kappa shape index (κ2) is 9.24. The van der Waals surface area contributed by atoms with Crippen molar-refractivity contribution in [3.05, 3.63) is 71.7 Å². The van der Waals surface area contributed by atoms with Crippen LogP contribution >= 0.6 is 0 Å². The van der Waals surface area contributed by atoms with E-state index in [2.05, 4.69) is 14.4 Å². The Morgan fingerprint density at radius 2 is 1.72 bits per heavy atom. The molecule has 162 valence electrons. The number of pyridine rings is 1. The van der Waals surface area contributed by atoms with Crippen molar-refractivity contribution in [1.82, 2.24) is 4.98 Å². The monoisotopic (exact) mass is 460 g/mol. The molecule has 8 nitrogen and oxygen atoms in total. The Hall–Kier alpha value is -4.29. The van der Waals surface area contributed by atoms with Crippen LogP contribution in [0.2, 0.25) is 0 Å². The molecule has 0 aliphatic heterocycles. The van der Waals surface area contributed by atoms with E-state index in [4.69, 9.17) is 10.00 Å². The third-order valence-corrected chi connectivity index (χ3v) is 5.22. The zero-order valence-corrected chi connectivity index (χ0v) is 16.6. The molecule has 0 atom stereocenters. The van der Waals surface area contributed by atoms with E-state index < -0.39 is 28.2 Å². The van der Waals surface area contributed by atoms with Crippen LogP contribution in [0.15, 0.2) is 59.6 Å². The van der Waals surface area contributed by atoms with E-state index in [-0.39, 0.29) is 33.3 Å². The Bertz CT molecular complexity index is 1330. The van der Waals surface area contributed by atoms with Crippen molar-refractivity contribution in [3.63, 3.8) is 0 Å². The first-order valence-corrected chi connectivity index (χ1v) is 10.1. The summed E-state index contributed by atoms with van der Waals surface area (Å²) in [4.78, 5) is 3.31. The zero-order valence-electron chi connectivity index (χ0n) is 15.8. The van der Waals surface area contributed by atoms with Gasteiger partial charge in [-0.15, -0.1) is 0 Å². The average molecular weight is 460 g/mol. The van der Waals surface area contributed by atoms with Crippen molar-refractivity contribution < 1.29 is 31.1 Å². The molecule has 2 aromatic carbocycles. The number of halogens is 3. The van der Waals surface area contributed by atoms with Crippen LogP contribution in [-0.2, 0) is 10.0 Å². The standard InChI is InChI=1S/C20H11F3N4O4S/c21-14-2-6-19(26-11-14)27-32(28,29)16-4-5-17(13(7-16)10-25)30-15-3-1-12(9-24)18(8-15)31-20(22)23/h1-8,11,20H,(H,26,27). The predicted molar refractivity (Wildman–Crippen MR) is 104 cm³/mol. The van der Waals surface area contributed by atoms with Gasteiger partial charge in [-0.25, -0.2) is 17.8 Å². The van der Waals surface area contributed by atoms with Gasteiger partial charge in [0, 0.05) is 6.07 Å². The maximum atomic E-state index is 12.9. The Morgan fingerprint density at radius 1 is 0.969 bits per heavy atom. The molecule has 0 saturated carbocycles. The highest BCUT2D eigenvalue weighted by atomic mass is 32.2. The number of hydrogen-bond acceptors (Lipinski definition) is 7. The lowest BCUT2D eigenvalue weighted by atomic mass is 10.2. The van der Waals surface area contributed by atoms with Crippen LogP contribution in [0.5, 0.6) is 17.2 Å². The second-order valence-corrected chi connectivity index (χ2v) is 7.67. The van der Waals surface area contributed by atoms with E-state index in [9.17, 15) is 26.9 Å². The van der Waals surface area contributed by atoms with E-state index >= 15 is 0 Å². The summed E-state index contributed by atoms with van der Waals surface area (Å²) < 4.78 is 75.0. The van der Waals surface area contributed by atoms with Crippen molar-refractivity contribution >= 4 is 15.8 Å². The van der Waals surface area contributed by atoms with Crippen LogP contribution < -0.4 is 14.2 Å². The number of nitrogens with zero attached hydrogens (tertiary/aromatic N) is 3. The fourth-order valence-electron chi connectivity index (χ4n) is 2.46. The summed E-state index contributed by atoms with van der Waals surface area (Å²) in [5.74, 6) is -1.30. The number of alkyl halides is 2. The van der Waals surface area contributed by atoms with Crippen molar-refractivity contribution in [2.75, 3.05) is 4.72 Å². The normalized spacial score (nSPS) is 10.8. The number of rotatable bonds is 7. The predicted octanol–water partition coefficient (Wildman–Crippen LogP) is 4.16. The van der Waals surface area contributed by atoms with Gasteiger partial charge in [0.1, 0.15) is 41.0 Å². The lowest BCUT2D eigenvalue weighted by Crippen LogP contribution is -2.14. The maximum Gasteiger partial charge on any atom is 0.387 e. The van der Waals surface area contributed by atoms with Crippen LogP contribution in [0.4, 0.5) is 19.0 Å². The molecule has 0 saturated heterocycles. The molecule has 1 N–H and O–H groups in total. The number of sulfonamides is 1. The minimum absolute atomic E-state index is 0.0274. The van der Waals surface area contributed by atoms with Gasteiger partial charge in [-0.1, -0.05) is 0 Å². The molecule has 0 aliphatic carbocycles. The van der Waals surface area contributed by atoms with Crippen molar-refractivity contribution in [3.8, 4) is 29.4 Å². The summed E-state index contributed by atoms with van der Waals surface area (Å²) in [6, 6.07) is 12.5. The van der Waals surface area contributed by atoms with Gasteiger partial charge in [-0.05, 0) is 42.5 Å². The van der Waals surface area contributed by atoms with Gasteiger partial charge in [-0.3, -0.25) is 4.72 Å². The molecule has 0 aliphatic rings. The molecule has 3 rings (SSSR count). The molecule has 0 amide bonds. The van der Waals surface area contributed by atoms with Crippen molar-refractivity contribution in [2.24, 2.45) is 0 Å². The van der Waals surface area contributed by atoms with Gasteiger partial charge in [0.05, 0.1) is 22.2 Å². The van der Waals surface area contributed by atoms with E-state index in [1.807, 2.05) is 0 Å². The molecular weight excluding hydrogens is 449 g/mol. The van der Waals surface area contributed by atoms with Crippen LogP contribution in [-0.4, -0.2) is 20.0 Å². The smallest absolute Gasteiger partial charge is 0.387 e. The maximum absolute atomic E-state index is 12.9. The number of aromatic nitrogens is 1. The van der Waals surface area contributed by atoms with E-state index in [1.165, 1.54) is 18.2 Å². The van der Waals surface area contributed by atoms with E-state index in [1.54, 1.807) is 12.1 Å². The lowest BCUT2D eigenvalue weighted by Gasteiger charge is -2.12. The molecule has 0 spiro atoms. The minimum atomic E-state index is -4.16. The Labute approximate surface area is 180 Å². The highest BCUT2D eigenvalue weighted by molar-refractivity contribution is 7.92. The fourth-order valence-corrected chi connectivity index (χ4v) is 3.50. The van der Waals surface area contributed by atoms with Gasteiger partial charge in [0.25, 0.3) is 10.0 Å². The van der Waals surface area contributed by atoms with Gasteiger partial charge in [-0.2, -0.15) is 19.3 Å². The lowest BCUT2D eigenvalue weighted by molar-refractivity contribution is -0.0501. The Morgan fingerprint density at radius 3 is 2.34 bits per heavy atom. The summed E-state index contributed by atoms with van der Waals surface area (Å²) in [6.07, 6.45) is 0.832. The van der Waals surface area contributed by atoms with Crippen molar-refractivity contribution in [2.45, 2.75) is 11.5 Å². The third kappa shape index (κ3) is 5.24. The van der Waals surface area contributed by atoms with Gasteiger partial charge >= 0.3 is 6.61 Å². The number of nitrogens with one attached hydrogen (secondary N) is 1. The molecule has 12 heteroatoms. The SMILES string of the molecule is N#Cc1cc(S(=O)(=O)Nc2ccc(F)cn2)ccc1Oc1ccc(C#N)c(OC(F)F)c1. The topological polar surface area (TPSA) is 125 Å². The summed E-state index contributed by atoms with van der Waals surface area (Å²) in [6.45, 7) is -3.17. The van der Waals surface area contributed by atoms with Crippen molar-refractivity contribution in [1.29, 1.82) is 10.5 Å². The molecular formula is C20H11F3N4O4S. The van der Waals surface area contributed by atoms with E-state index in [0.29, 0.717) is 0 Å². The third-order valence-electron chi connectivity index (χ3n) is 3.87. The van der Waals surface area contributed by atoms with Crippen LogP contribution in [0, 0.1) is 28.5 Å². The zero-order chi connectivity index (χ0) is 23.3. The molecule has 32 heavy (non-hydrogen) atoms. The fraction of sp³-hybridized carbons (Fsp3) is 0.0500. The number of anilines is 1. The Balaban J connectivity index is 1.88. The second-order valence-electron chi connectivity index (χ2n) is 5.99. The molecule has 1 heterocycles. The molecule has 3 aromatic rings. The summed E-state index contributed by atoms with van der Waals surface area (Å²) >= 11 is 0. The Kier molecular flexibility index (Phi) is 6.47. The molecule has 0 fully saturated rings. The molecule has 1 aromatic heterocycles. The molecule has 0 unspecified atom stereocenters. The largest absolute Gasteiger partial charge is 0.456 e. The minimum Gasteiger partial charge on any atom is -0.456 e. The summed E-state index contributed by atoms with van der Waals surface area (Å²) in [5, 5.41) is 18.4. The highest BCUT2D eigenvalue weighted by Gasteiger charge is 2.19. The summed E-state index contributed by atoms with van der Waals surface area (Å²) in [7, 11) is -4.16. The van der Waals surface area contributed by atoms with Gasteiger partial charge in [0.2, 0.25) is 0 Å². The first kappa shape index (κ1) is 22.4. The van der Waals surface area contributed by atoms with Gasteiger partial charge in [0.15, 0.2) is 0 Å². The van der Waals surface area contributed by atoms with Crippen LogP contribution in [0.25, 0.3) is 0 Å². The first-order valence-electron chi connectivity index (χ1n) is 8.57. The van der Waals surface area contributed by atoms with Crippen LogP contribution in [0.1, 0.15) is 11.1 Å².